The minimum absolute atomic E-state index is 0.292. The van der Waals surface area contributed by atoms with Gasteiger partial charge < -0.3 is 0 Å². The van der Waals surface area contributed by atoms with E-state index in [4.69, 9.17) is 23.2 Å². The van der Waals surface area contributed by atoms with Gasteiger partial charge >= 0.3 is 0 Å². The number of alkyl halides is 1. The van der Waals surface area contributed by atoms with Gasteiger partial charge in [0.25, 0.3) is 0 Å². The fraction of sp³-hybridized carbons (Fsp3) is 0.875. The van der Waals surface area contributed by atoms with Crippen molar-refractivity contribution in [3.8, 4) is 0 Å². The van der Waals surface area contributed by atoms with Crippen LogP contribution >= 0.6 is 23.2 Å². The summed E-state index contributed by atoms with van der Waals surface area (Å²) in [5, 5.41) is -0.292. The summed E-state index contributed by atoms with van der Waals surface area (Å²) in [6, 6.07) is 0. The highest BCUT2D eigenvalue weighted by Crippen LogP contribution is 2.41. The number of hydrogen-bond donors (Lipinski definition) is 0. The van der Waals surface area contributed by atoms with Gasteiger partial charge in [-0.3, -0.25) is 4.79 Å². The van der Waals surface area contributed by atoms with Crippen molar-refractivity contribution < 1.29 is 4.79 Å². The van der Waals surface area contributed by atoms with Gasteiger partial charge in [0.1, 0.15) is 0 Å². The molecule has 1 aliphatic carbocycles. The molecule has 0 aromatic heterocycles. The summed E-state index contributed by atoms with van der Waals surface area (Å²) in [4.78, 5) is 10.9. The Morgan fingerprint density at radius 1 is 1.64 bits per heavy atom. The fourth-order valence-corrected chi connectivity index (χ4v) is 1.59. The maximum Gasteiger partial charge on any atom is 0.228 e. The van der Waals surface area contributed by atoms with E-state index in [-0.39, 0.29) is 5.24 Å². The first kappa shape index (κ1) is 9.34. The molecular weight excluding hydrogens is 183 g/mol. The highest BCUT2D eigenvalue weighted by molar-refractivity contribution is 6.65. The zero-order chi connectivity index (χ0) is 8.48. The smallest absolute Gasteiger partial charge is 0.228 e. The Kier molecular flexibility index (Phi) is 2.82. The van der Waals surface area contributed by atoms with E-state index in [0.717, 1.165) is 6.42 Å². The van der Waals surface area contributed by atoms with Crippen molar-refractivity contribution in [2.75, 3.05) is 5.88 Å². The molecule has 1 rings (SSSR count). The number of hydrogen-bond acceptors (Lipinski definition) is 1. The summed E-state index contributed by atoms with van der Waals surface area (Å²) in [5.41, 5.74) is -0.482. The van der Waals surface area contributed by atoms with Crippen molar-refractivity contribution in [3.05, 3.63) is 0 Å². The zero-order valence-corrected chi connectivity index (χ0v) is 8.08. The Balaban J connectivity index is 2.49. The first-order valence-electron chi connectivity index (χ1n) is 3.84. The van der Waals surface area contributed by atoms with E-state index in [1.54, 1.807) is 0 Å². The van der Waals surface area contributed by atoms with Gasteiger partial charge in [-0.15, -0.1) is 11.6 Å². The van der Waals surface area contributed by atoms with Crippen molar-refractivity contribution in [2.24, 2.45) is 11.3 Å². The monoisotopic (exact) mass is 194 g/mol. The second kappa shape index (κ2) is 3.32. The van der Waals surface area contributed by atoms with Crippen LogP contribution in [0.5, 0.6) is 0 Å². The molecule has 1 atom stereocenters. The molecule has 0 spiro atoms. The fourth-order valence-electron chi connectivity index (χ4n) is 1.15. The minimum Gasteiger partial charge on any atom is -0.281 e. The van der Waals surface area contributed by atoms with E-state index in [1.807, 2.05) is 6.92 Å². The quantitative estimate of drug-likeness (QED) is 0.498. The number of rotatable bonds is 4. The largest absolute Gasteiger partial charge is 0.281 e. The topological polar surface area (TPSA) is 17.1 Å². The number of halogens is 2. The molecule has 11 heavy (non-hydrogen) atoms. The molecular formula is C8H12Cl2O. The normalized spacial score (nSPS) is 22.8. The molecule has 0 aromatic carbocycles. The van der Waals surface area contributed by atoms with Crippen LogP contribution in [0.25, 0.3) is 0 Å². The Morgan fingerprint density at radius 3 is 2.45 bits per heavy atom. The van der Waals surface area contributed by atoms with Gasteiger partial charge in [0.2, 0.25) is 5.24 Å². The summed E-state index contributed by atoms with van der Waals surface area (Å²) >= 11 is 11.1. The third kappa shape index (κ3) is 2.34. The molecule has 1 fully saturated rings. The lowest BCUT2D eigenvalue weighted by molar-refractivity contribution is -0.119. The van der Waals surface area contributed by atoms with E-state index in [2.05, 4.69) is 0 Å². The van der Waals surface area contributed by atoms with E-state index in [9.17, 15) is 4.79 Å². The van der Waals surface area contributed by atoms with Gasteiger partial charge in [-0.2, -0.15) is 0 Å². The van der Waals surface area contributed by atoms with E-state index in [1.165, 1.54) is 12.8 Å². The van der Waals surface area contributed by atoms with E-state index < -0.39 is 5.41 Å². The van der Waals surface area contributed by atoms with Crippen molar-refractivity contribution >= 4 is 28.4 Å². The van der Waals surface area contributed by atoms with Crippen LogP contribution in [0.15, 0.2) is 0 Å². The van der Waals surface area contributed by atoms with Crippen LogP contribution in [-0.4, -0.2) is 11.1 Å². The van der Waals surface area contributed by atoms with Crippen molar-refractivity contribution in [1.29, 1.82) is 0 Å². The SMILES string of the molecule is CC(CCl)(CC1CC1)C(=O)Cl. The number of carbonyl (C=O) groups is 1. The summed E-state index contributed by atoms with van der Waals surface area (Å²) in [6.07, 6.45) is 3.33. The van der Waals surface area contributed by atoms with Gasteiger partial charge in [0.15, 0.2) is 0 Å². The molecule has 64 valence electrons. The molecule has 0 bridgehead atoms. The molecule has 0 aromatic rings. The summed E-state index contributed by atoms with van der Waals surface area (Å²) in [7, 11) is 0. The van der Waals surface area contributed by atoms with Crippen molar-refractivity contribution in [3.63, 3.8) is 0 Å². The first-order chi connectivity index (χ1) is 5.08. The summed E-state index contributed by atoms with van der Waals surface area (Å²) in [6.45, 7) is 1.84. The predicted octanol–water partition coefficient (Wildman–Crippen LogP) is 2.80. The van der Waals surface area contributed by atoms with Crippen LogP contribution in [0.2, 0.25) is 0 Å². The molecule has 0 amide bonds. The molecule has 0 heterocycles. The Morgan fingerprint density at radius 2 is 2.18 bits per heavy atom. The molecule has 1 nitrogen and oxygen atoms in total. The highest BCUT2D eigenvalue weighted by atomic mass is 35.5. The molecule has 1 aliphatic rings. The average Bonchev–Trinajstić information content (AvgIpc) is 2.71. The van der Waals surface area contributed by atoms with Crippen LogP contribution in [-0.2, 0) is 4.79 Å². The first-order valence-corrected chi connectivity index (χ1v) is 4.75. The van der Waals surface area contributed by atoms with E-state index in [0.29, 0.717) is 11.8 Å². The molecule has 0 saturated heterocycles. The van der Waals surface area contributed by atoms with Crippen LogP contribution in [0.1, 0.15) is 26.2 Å². The molecule has 0 radical (unpaired) electrons. The Bertz CT molecular complexity index is 165. The van der Waals surface area contributed by atoms with Crippen molar-refractivity contribution in [1.82, 2.24) is 0 Å². The van der Waals surface area contributed by atoms with Crippen LogP contribution < -0.4 is 0 Å². The lowest BCUT2D eigenvalue weighted by Gasteiger charge is -2.21. The Labute approximate surface area is 77.1 Å². The van der Waals surface area contributed by atoms with Gasteiger partial charge in [-0.05, 0) is 23.9 Å². The average molecular weight is 195 g/mol. The Hall–Kier alpha value is 0.250. The highest BCUT2D eigenvalue weighted by Gasteiger charge is 2.37. The van der Waals surface area contributed by atoms with Crippen LogP contribution in [0.3, 0.4) is 0 Å². The van der Waals surface area contributed by atoms with Crippen molar-refractivity contribution in [2.45, 2.75) is 26.2 Å². The van der Waals surface area contributed by atoms with Gasteiger partial charge in [0.05, 0.1) is 5.41 Å². The lowest BCUT2D eigenvalue weighted by atomic mass is 9.88. The third-order valence-corrected chi connectivity index (χ3v) is 3.25. The minimum atomic E-state index is -0.482. The molecule has 0 aliphatic heterocycles. The molecule has 1 unspecified atom stereocenters. The van der Waals surface area contributed by atoms with Crippen LogP contribution in [0, 0.1) is 11.3 Å². The van der Waals surface area contributed by atoms with Gasteiger partial charge in [-0.25, -0.2) is 0 Å². The maximum atomic E-state index is 10.9. The zero-order valence-electron chi connectivity index (χ0n) is 6.57. The van der Waals surface area contributed by atoms with Gasteiger partial charge in [0, 0.05) is 5.88 Å². The summed E-state index contributed by atoms with van der Waals surface area (Å²) in [5.74, 6) is 1.03. The second-order valence-corrected chi connectivity index (χ2v) is 4.23. The second-order valence-electron chi connectivity index (χ2n) is 3.62. The van der Waals surface area contributed by atoms with Gasteiger partial charge in [-0.1, -0.05) is 19.8 Å². The molecule has 1 saturated carbocycles. The number of carbonyl (C=O) groups excluding carboxylic acids is 1. The third-order valence-electron chi connectivity index (χ3n) is 2.21. The summed E-state index contributed by atoms with van der Waals surface area (Å²) < 4.78 is 0. The molecule has 0 N–H and O–H groups in total. The van der Waals surface area contributed by atoms with E-state index >= 15 is 0 Å². The standard InChI is InChI=1S/C8H12Cl2O/c1-8(5-9,7(10)11)4-6-2-3-6/h6H,2-5H2,1H3. The lowest BCUT2D eigenvalue weighted by Crippen LogP contribution is -2.26. The predicted molar refractivity (Wildman–Crippen MR) is 47.0 cm³/mol. The molecule has 3 heteroatoms. The maximum absolute atomic E-state index is 10.9. The van der Waals surface area contributed by atoms with Crippen LogP contribution in [0.4, 0.5) is 0 Å².